The summed E-state index contributed by atoms with van der Waals surface area (Å²) >= 11 is 0. The number of pyridine rings is 1. The molecule has 27 heavy (non-hydrogen) atoms. The average molecular weight is 368 g/mol. The number of carbonyl (C=O) groups is 1. The summed E-state index contributed by atoms with van der Waals surface area (Å²) in [6.45, 7) is 0.398. The molecule has 7 heteroatoms. The van der Waals surface area contributed by atoms with Crippen LogP contribution in [0.3, 0.4) is 0 Å². The lowest BCUT2D eigenvalue weighted by atomic mass is 10.1. The van der Waals surface area contributed by atoms with E-state index in [0.717, 1.165) is 0 Å². The number of nitrogens with zero attached hydrogens (tertiary/aromatic N) is 1. The molecule has 0 bridgehead atoms. The van der Waals surface area contributed by atoms with Crippen molar-refractivity contribution < 1.29 is 19.4 Å². The Morgan fingerprint density at radius 1 is 1.11 bits per heavy atom. The highest BCUT2D eigenvalue weighted by Gasteiger charge is 2.20. The number of methoxy groups -OCH3 is 1. The van der Waals surface area contributed by atoms with Crippen molar-refractivity contribution in [3.05, 3.63) is 64.4 Å². The summed E-state index contributed by atoms with van der Waals surface area (Å²) in [5.74, 6) is 0.0551. The fourth-order valence-electron chi connectivity index (χ4n) is 2.86. The van der Waals surface area contributed by atoms with Crippen LogP contribution in [0.4, 0.5) is 0 Å². The van der Waals surface area contributed by atoms with E-state index in [9.17, 15) is 14.7 Å². The van der Waals surface area contributed by atoms with Gasteiger partial charge >= 0.3 is 0 Å². The number of rotatable bonds is 6. The highest BCUT2D eigenvalue weighted by molar-refractivity contribution is 6.08. The Balaban J connectivity index is 1.75. The summed E-state index contributed by atoms with van der Waals surface area (Å²) in [6.07, 6.45) is 0. The van der Waals surface area contributed by atoms with Gasteiger partial charge in [-0.15, -0.1) is 0 Å². The van der Waals surface area contributed by atoms with Gasteiger partial charge in [-0.1, -0.05) is 30.3 Å². The number of amides is 1. The first-order valence-electron chi connectivity index (χ1n) is 8.39. The number of carbonyl (C=O) groups excluding carboxylic acids is 1. The molecule has 140 valence electrons. The molecule has 0 aliphatic carbocycles. The van der Waals surface area contributed by atoms with Crippen LogP contribution in [0.25, 0.3) is 10.9 Å². The molecule has 0 aliphatic rings. The van der Waals surface area contributed by atoms with Crippen molar-refractivity contribution in [2.75, 3.05) is 20.3 Å². The van der Waals surface area contributed by atoms with Gasteiger partial charge in [0.25, 0.3) is 11.5 Å². The van der Waals surface area contributed by atoms with Crippen molar-refractivity contribution in [2.24, 2.45) is 7.05 Å². The van der Waals surface area contributed by atoms with Crippen LogP contribution < -0.4 is 20.3 Å². The maximum absolute atomic E-state index is 12.6. The predicted molar refractivity (Wildman–Crippen MR) is 102 cm³/mol. The third-order valence-electron chi connectivity index (χ3n) is 4.22. The largest absolute Gasteiger partial charge is 0.502 e. The van der Waals surface area contributed by atoms with E-state index in [0.29, 0.717) is 22.4 Å². The van der Waals surface area contributed by atoms with Gasteiger partial charge in [0.15, 0.2) is 17.2 Å². The summed E-state index contributed by atoms with van der Waals surface area (Å²) in [7, 11) is 3.10. The lowest BCUT2D eigenvalue weighted by molar-refractivity contribution is 0.0945. The molecule has 1 aromatic heterocycles. The molecule has 0 atom stereocenters. The maximum atomic E-state index is 12.6. The number of hydrogen-bond acceptors (Lipinski definition) is 5. The van der Waals surface area contributed by atoms with E-state index in [2.05, 4.69) is 5.32 Å². The Labute approximate surface area is 155 Å². The topological polar surface area (TPSA) is 89.8 Å². The van der Waals surface area contributed by atoms with Crippen molar-refractivity contribution in [3.8, 4) is 17.2 Å². The smallest absolute Gasteiger partial charge is 0.293 e. The minimum atomic E-state index is -0.621. The minimum absolute atomic E-state index is 0.0361. The molecule has 0 saturated carbocycles. The lowest BCUT2D eigenvalue weighted by Crippen LogP contribution is -2.30. The zero-order chi connectivity index (χ0) is 19.4. The van der Waals surface area contributed by atoms with E-state index in [1.54, 1.807) is 50.6 Å². The fraction of sp³-hybridized carbons (Fsp3) is 0.200. The maximum Gasteiger partial charge on any atom is 0.293 e. The molecular formula is C20H20N2O5. The second kappa shape index (κ2) is 7.82. The van der Waals surface area contributed by atoms with Gasteiger partial charge in [-0.3, -0.25) is 9.59 Å². The summed E-state index contributed by atoms with van der Waals surface area (Å²) in [5, 5.41) is 13.4. The molecular weight excluding hydrogens is 348 g/mol. The van der Waals surface area contributed by atoms with Crippen molar-refractivity contribution in [2.45, 2.75) is 0 Å². The highest BCUT2D eigenvalue weighted by Crippen LogP contribution is 2.26. The third kappa shape index (κ3) is 3.57. The molecule has 1 amide bonds. The van der Waals surface area contributed by atoms with Gasteiger partial charge in [-0.2, -0.15) is 0 Å². The number of para-hydroxylation sites is 3. The molecule has 0 unspecified atom stereocenters. The minimum Gasteiger partial charge on any atom is -0.502 e. The second-order valence-corrected chi connectivity index (χ2v) is 5.86. The Morgan fingerprint density at radius 3 is 2.52 bits per heavy atom. The summed E-state index contributed by atoms with van der Waals surface area (Å²) in [6, 6.07) is 14.1. The zero-order valence-corrected chi connectivity index (χ0v) is 15.1. The molecule has 7 nitrogen and oxygen atoms in total. The van der Waals surface area contributed by atoms with Crippen LogP contribution in [-0.2, 0) is 7.05 Å². The van der Waals surface area contributed by atoms with Crippen LogP contribution in [0.15, 0.2) is 53.3 Å². The van der Waals surface area contributed by atoms with E-state index in [-0.39, 0.29) is 18.7 Å². The van der Waals surface area contributed by atoms with E-state index in [1.165, 1.54) is 4.57 Å². The van der Waals surface area contributed by atoms with E-state index in [1.807, 2.05) is 12.1 Å². The SMILES string of the molecule is COc1ccccc1OCCNC(=O)c1c(O)c(=O)n(C)c2ccccc12. The number of benzene rings is 2. The van der Waals surface area contributed by atoms with Gasteiger partial charge in [-0.25, -0.2) is 0 Å². The third-order valence-corrected chi connectivity index (χ3v) is 4.22. The number of hydrogen-bond donors (Lipinski definition) is 2. The number of ether oxygens (including phenoxy) is 2. The molecule has 2 N–H and O–H groups in total. The lowest BCUT2D eigenvalue weighted by Gasteiger charge is -2.13. The molecule has 0 aliphatic heterocycles. The molecule has 0 radical (unpaired) electrons. The van der Waals surface area contributed by atoms with Gasteiger partial charge in [0.2, 0.25) is 0 Å². The van der Waals surface area contributed by atoms with Gasteiger partial charge in [0.05, 0.1) is 24.7 Å². The van der Waals surface area contributed by atoms with Crippen LogP contribution >= 0.6 is 0 Å². The van der Waals surface area contributed by atoms with Crippen LogP contribution in [0.5, 0.6) is 17.2 Å². The quantitative estimate of drug-likeness (QED) is 0.650. The number of nitrogens with one attached hydrogen (secondary N) is 1. The van der Waals surface area contributed by atoms with Crippen molar-refractivity contribution >= 4 is 16.8 Å². The molecule has 0 spiro atoms. The molecule has 0 fully saturated rings. The van der Waals surface area contributed by atoms with Crippen LogP contribution in [0, 0.1) is 0 Å². The standard InChI is InChI=1S/C20H20N2O5/c1-22-14-8-4-3-7-13(14)17(18(23)20(22)25)19(24)21-11-12-27-16-10-6-5-9-15(16)26-2/h3-10,23H,11-12H2,1-2H3,(H,21,24). The fourth-order valence-corrected chi connectivity index (χ4v) is 2.86. The average Bonchev–Trinajstić information content (AvgIpc) is 2.70. The summed E-state index contributed by atoms with van der Waals surface area (Å²) < 4.78 is 12.1. The molecule has 2 aromatic carbocycles. The zero-order valence-electron chi connectivity index (χ0n) is 15.1. The van der Waals surface area contributed by atoms with Crippen molar-refractivity contribution in [1.29, 1.82) is 0 Å². The molecule has 3 rings (SSSR count). The van der Waals surface area contributed by atoms with Crippen LogP contribution in [0.2, 0.25) is 0 Å². The van der Waals surface area contributed by atoms with Crippen LogP contribution in [0.1, 0.15) is 10.4 Å². The monoisotopic (exact) mass is 368 g/mol. The van der Waals surface area contributed by atoms with E-state index < -0.39 is 17.2 Å². The Bertz CT molecular complexity index is 1040. The first-order valence-corrected chi connectivity index (χ1v) is 8.39. The van der Waals surface area contributed by atoms with Crippen molar-refractivity contribution in [1.82, 2.24) is 9.88 Å². The number of fused-ring (bicyclic) bond motifs is 1. The number of aromatic hydroxyl groups is 1. The number of aromatic nitrogens is 1. The predicted octanol–water partition coefficient (Wildman–Crippen LogP) is 2.06. The summed E-state index contributed by atoms with van der Waals surface area (Å²) in [5.41, 5.74) is -0.0918. The summed E-state index contributed by atoms with van der Waals surface area (Å²) in [4.78, 5) is 24.8. The van der Waals surface area contributed by atoms with Gasteiger partial charge < -0.3 is 24.5 Å². The van der Waals surface area contributed by atoms with Gasteiger partial charge in [0.1, 0.15) is 6.61 Å². The molecule has 1 heterocycles. The normalized spacial score (nSPS) is 10.6. The van der Waals surface area contributed by atoms with Crippen LogP contribution in [-0.4, -0.2) is 35.8 Å². The first kappa shape index (κ1) is 18.3. The second-order valence-electron chi connectivity index (χ2n) is 5.86. The van der Waals surface area contributed by atoms with E-state index in [4.69, 9.17) is 9.47 Å². The van der Waals surface area contributed by atoms with Crippen molar-refractivity contribution in [3.63, 3.8) is 0 Å². The van der Waals surface area contributed by atoms with Gasteiger partial charge in [-0.05, 0) is 18.2 Å². The highest BCUT2D eigenvalue weighted by atomic mass is 16.5. The Hall–Kier alpha value is -3.48. The molecule has 0 saturated heterocycles. The van der Waals surface area contributed by atoms with Gasteiger partial charge in [0, 0.05) is 12.4 Å². The number of aryl methyl sites for hydroxylation is 1. The Kier molecular flexibility index (Phi) is 5.30. The first-order chi connectivity index (χ1) is 13.0. The van der Waals surface area contributed by atoms with E-state index >= 15 is 0 Å². The molecule has 3 aromatic rings. The Morgan fingerprint density at radius 2 is 1.78 bits per heavy atom.